The van der Waals surface area contributed by atoms with E-state index in [4.69, 9.17) is 4.42 Å². The highest BCUT2D eigenvalue weighted by atomic mass is 32.2. The number of benzene rings is 1. The Kier molecular flexibility index (Phi) is 4.22. The first-order chi connectivity index (χ1) is 11.5. The lowest BCUT2D eigenvalue weighted by molar-refractivity contribution is 0.0981. The second-order valence-corrected chi connectivity index (χ2v) is 6.74. The zero-order valence-corrected chi connectivity index (χ0v) is 13.7. The van der Waals surface area contributed by atoms with E-state index in [0.717, 1.165) is 11.1 Å². The van der Waals surface area contributed by atoms with Crippen molar-refractivity contribution < 1.29 is 17.6 Å². The van der Waals surface area contributed by atoms with Crippen molar-refractivity contribution in [1.82, 2.24) is 14.5 Å². The molecule has 24 heavy (non-hydrogen) atoms. The molecule has 0 saturated heterocycles. The highest BCUT2D eigenvalue weighted by Gasteiger charge is 2.20. The van der Waals surface area contributed by atoms with Gasteiger partial charge < -0.3 is 4.42 Å². The summed E-state index contributed by atoms with van der Waals surface area (Å²) in [5.41, 5.74) is 1.80. The van der Waals surface area contributed by atoms with Crippen LogP contribution in [0, 0.1) is 0 Å². The minimum absolute atomic E-state index is 0.0521. The summed E-state index contributed by atoms with van der Waals surface area (Å²) in [6.45, 7) is 2.37. The molecule has 0 fully saturated rings. The Morgan fingerprint density at radius 3 is 2.79 bits per heavy atom. The van der Waals surface area contributed by atoms with E-state index < -0.39 is 15.9 Å². The molecule has 0 saturated carbocycles. The molecule has 3 aromatic rings. The third-order valence-electron chi connectivity index (χ3n) is 3.45. The molecular formula is C16H15N3O4S. The van der Waals surface area contributed by atoms with E-state index in [0.29, 0.717) is 6.54 Å². The fourth-order valence-corrected chi connectivity index (χ4v) is 3.09. The quantitative estimate of drug-likeness (QED) is 0.765. The van der Waals surface area contributed by atoms with Gasteiger partial charge in [-0.25, -0.2) is 13.1 Å². The summed E-state index contributed by atoms with van der Waals surface area (Å²) in [4.78, 5) is 12.2. The van der Waals surface area contributed by atoms with Crippen molar-refractivity contribution in [1.29, 1.82) is 0 Å². The zero-order chi connectivity index (χ0) is 17.2. The lowest BCUT2D eigenvalue weighted by atomic mass is 10.1. The normalized spacial score (nSPS) is 11.4. The van der Waals surface area contributed by atoms with Crippen LogP contribution in [0.4, 0.5) is 0 Å². The van der Waals surface area contributed by atoms with Crippen LogP contribution >= 0.6 is 0 Å². The zero-order valence-electron chi connectivity index (χ0n) is 12.8. The number of aromatic nitrogens is 2. The number of hydrogen-bond donors (Lipinski definition) is 1. The lowest BCUT2D eigenvalue weighted by Gasteiger charge is -2.06. The molecule has 8 heteroatoms. The molecule has 1 N–H and O–H groups in total. The number of aryl methyl sites for hydroxylation is 1. The minimum Gasteiger partial charge on any atom is -0.472 e. The molecule has 0 spiro atoms. The molecular weight excluding hydrogens is 330 g/mol. The van der Waals surface area contributed by atoms with Crippen molar-refractivity contribution >= 4 is 15.9 Å². The van der Waals surface area contributed by atoms with Crippen molar-refractivity contribution in [3.63, 3.8) is 0 Å². The predicted molar refractivity (Wildman–Crippen MR) is 86.7 cm³/mol. The predicted octanol–water partition coefficient (Wildman–Crippen LogP) is 2.28. The number of nitrogens with one attached hydrogen (secondary N) is 1. The van der Waals surface area contributed by atoms with Crippen LogP contribution in [0.1, 0.15) is 17.3 Å². The summed E-state index contributed by atoms with van der Waals surface area (Å²) in [7, 11) is -3.96. The highest BCUT2D eigenvalue weighted by Crippen LogP contribution is 2.21. The van der Waals surface area contributed by atoms with Gasteiger partial charge in [-0.05, 0) is 30.7 Å². The fourth-order valence-electron chi connectivity index (χ4n) is 2.16. The number of furan rings is 1. The molecule has 3 rings (SSSR count). The second kappa shape index (κ2) is 6.32. The maximum absolute atomic E-state index is 12.3. The molecule has 0 aliphatic rings. The van der Waals surface area contributed by atoms with Crippen molar-refractivity contribution in [2.24, 2.45) is 0 Å². The van der Waals surface area contributed by atoms with Gasteiger partial charge in [0.1, 0.15) is 4.90 Å². The van der Waals surface area contributed by atoms with E-state index >= 15 is 0 Å². The first-order valence-electron chi connectivity index (χ1n) is 7.22. The standard InChI is InChI=1S/C16H15N3O4S/c1-2-19-10-15(9-17-19)24(21,22)18-16(20)13-5-3-4-12(8-13)14-6-7-23-11-14/h3-11H,2H2,1H3,(H,18,20). The Balaban J connectivity index is 1.83. The number of carbonyl (C=O) groups excluding carboxylic acids is 1. The van der Waals surface area contributed by atoms with E-state index in [1.807, 2.05) is 6.92 Å². The fraction of sp³-hybridized carbons (Fsp3) is 0.125. The number of sulfonamides is 1. The maximum Gasteiger partial charge on any atom is 0.267 e. The van der Waals surface area contributed by atoms with Crippen LogP contribution < -0.4 is 4.72 Å². The van der Waals surface area contributed by atoms with E-state index in [-0.39, 0.29) is 10.5 Å². The first-order valence-corrected chi connectivity index (χ1v) is 8.70. The van der Waals surface area contributed by atoms with Gasteiger partial charge in [0.2, 0.25) is 0 Å². The summed E-state index contributed by atoms with van der Waals surface area (Å²) in [6.07, 6.45) is 5.66. The molecule has 1 aromatic carbocycles. The number of amides is 1. The van der Waals surface area contributed by atoms with Crippen molar-refractivity contribution in [2.75, 3.05) is 0 Å². The molecule has 7 nitrogen and oxygen atoms in total. The monoisotopic (exact) mass is 345 g/mol. The smallest absolute Gasteiger partial charge is 0.267 e. The van der Waals surface area contributed by atoms with Gasteiger partial charge in [-0.15, -0.1) is 0 Å². The molecule has 0 bridgehead atoms. The summed E-state index contributed by atoms with van der Waals surface area (Å²) in [6, 6.07) is 8.39. The molecule has 2 aromatic heterocycles. The highest BCUT2D eigenvalue weighted by molar-refractivity contribution is 7.90. The number of rotatable bonds is 5. The van der Waals surface area contributed by atoms with Gasteiger partial charge in [0.05, 0.1) is 18.7 Å². The summed E-state index contributed by atoms with van der Waals surface area (Å²) in [5, 5.41) is 3.90. The Morgan fingerprint density at radius 1 is 1.29 bits per heavy atom. The van der Waals surface area contributed by atoms with Crippen LogP contribution in [0.3, 0.4) is 0 Å². The molecule has 2 heterocycles. The summed E-state index contributed by atoms with van der Waals surface area (Å²) >= 11 is 0. The van der Waals surface area contributed by atoms with E-state index in [1.54, 1.807) is 36.6 Å². The maximum atomic E-state index is 12.3. The van der Waals surface area contributed by atoms with Gasteiger partial charge in [-0.3, -0.25) is 9.48 Å². The van der Waals surface area contributed by atoms with Crippen molar-refractivity contribution in [3.05, 3.63) is 60.8 Å². The summed E-state index contributed by atoms with van der Waals surface area (Å²) in [5.74, 6) is -0.704. The minimum atomic E-state index is -3.96. The Hall–Kier alpha value is -2.87. The van der Waals surface area contributed by atoms with Crippen LogP contribution in [0.2, 0.25) is 0 Å². The molecule has 1 amide bonds. The van der Waals surface area contributed by atoms with Crippen LogP contribution in [-0.2, 0) is 16.6 Å². The average Bonchev–Trinajstić information content (AvgIpc) is 3.26. The molecule has 0 aliphatic carbocycles. The first kappa shape index (κ1) is 16.0. The van der Waals surface area contributed by atoms with E-state index in [1.165, 1.54) is 23.3 Å². The third-order valence-corrected chi connectivity index (χ3v) is 4.74. The lowest BCUT2D eigenvalue weighted by Crippen LogP contribution is -2.30. The number of carbonyl (C=O) groups is 1. The molecule has 0 aliphatic heterocycles. The second-order valence-electron chi connectivity index (χ2n) is 5.06. The van der Waals surface area contributed by atoms with Gasteiger partial charge in [-0.2, -0.15) is 5.10 Å². The van der Waals surface area contributed by atoms with Gasteiger partial charge in [-0.1, -0.05) is 12.1 Å². The Morgan fingerprint density at radius 2 is 2.12 bits per heavy atom. The molecule has 0 radical (unpaired) electrons. The van der Waals surface area contributed by atoms with Crippen LogP contribution in [-0.4, -0.2) is 24.1 Å². The largest absolute Gasteiger partial charge is 0.472 e. The van der Waals surface area contributed by atoms with Gasteiger partial charge >= 0.3 is 0 Å². The summed E-state index contributed by atoms with van der Waals surface area (Å²) < 4.78 is 33.1. The third kappa shape index (κ3) is 3.23. The molecule has 0 atom stereocenters. The van der Waals surface area contributed by atoms with E-state index in [9.17, 15) is 13.2 Å². The Labute approximate surface area is 139 Å². The van der Waals surface area contributed by atoms with Crippen LogP contribution in [0.5, 0.6) is 0 Å². The topological polar surface area (TPSA) is 94.2 Å². The average molecular weight is 345 g/mol. The van der Waals surface area contributed by atoms with Crippen LogP contribution in [0.25, 0.3) is 11.1 Å². The van der Waals surface area contributed by atoms with Gasteiger partial charge in [0.25, 0.3) is 15.9 Å². The van der Waals surface area contributed by atoms with E-state index in [2.05, 4.69) is 9.82 Å². The van der Waals surface area contributed by atoms with Gasteiger partial charge in [0, 0.05) is 23.9 Å². The van der Waals surface area contributed by atoms with Crippen molar-refractivity contribution in [2.45, 2.75) is 18.4 Å². The molecule has 124 valence electrons. The molecule has 0 unspecified atom stereocenters. The van der Waals surface area contributed by atoms with Crippen molar-refractivity contribution in [3.8, 4) is 11.1 Å². The van der Waals surface area contributed by atoms with Gasteiger partial charge in [0.15, 0.2) is 0 Å². The number of nitrogens with zero attached hydrogens (tertiary/aromatic N) is 2. The Bertz CT molecular complexity index is 959. The SMILES string of the molecule is CCn1cc(S(=O)(=O)NC(=O)c2cccc(-c3ccoc3)c2)cn1. The van der Waals surface area contributed by atoms with Crippen LogP contribution in [0.15, 0.2) is 64.6 Å². The number of hydrogen-bond acceptors (Lipinski definition) is 5.